The third kappa shape index (κ3) is 3.58. The maximum Gasteiger partial charge on any atom is 0.303 e. The molecule has 0 amide bonds. The first kappa shape index (κ1) is 17.6. The second-order valence-corrected chi connectivity index (χ2v) is 6.14. The lowest BCUT2D eigenvalue weighted by Gasteiger charge is -2.35. The van der Waals surface area contributed by atoms with Gasteiger partial charge < -0.3 is 4.74 Å². The summed E-state index contributed by atoms with van der Waals surface area (Å²) in [4.78, 5) is 10.7. The van der Waals surface area contributed by atoms with Crippen LogP contribution in [0, 0.1) is 57.7 Å². The number of fused-ring (bicyclic) bond motifs is 2. The van der Waals surface area contributed by atoms with E-state index in [1.54, 1.807) is 0 Å². The normalized spacial score (nSPS) is 24.0. The van der Waals surface area contributed by atoms with Gasteiger partial charge in [-0.15, -0.1) is 6.58 Å². The Kier molecular flexibility index (Phi) is 5.62. The number of hydrogen-bond acceptors (Lipinski definition) is 4. The first-order chi connectivity index (χ1) is 11.6. The van der Waals surface area contributed by atoms with Gasteiger partial charge in [0.25, 0.3) is 0 Å². The number of carbonyl (C=O) groups is 1. The van der Waals surface area contributed by atoms with Gasteiger partial charge >= 0.3 is 5.97 Å². The van der Waals surface area contributed by atoms with Crippen LogP contribution in [0.3, 0.4) is 0 Å². The van der Waals surface area contributed by atoms with Crippen molar-refractivity contribution < 1.29 is 9.53 Å². The maximum absolute atomic E-state index is 10.7. The molecule has 4 heteroatoms. The van der Waals surface area contributed by atoms with Gasteiger partial charge in [-0.25, -0.2) is 0 Å². The van der Waals surface area contributed by atoms with E-state index in [-0.39, 0.29) is 18.9 Å². The minimum Gasteiger partial charge on any atom is -0.453 e. The number of esters is 1. The Hall–Kier alpha value is -2.77. The van der Waals surface area contributed by atoms with Crippen LogP contribution in [0.4, 0.5) is 0 Å². The molecule has 3 atom stereocenters. The Morgan fingerprint density at radius 1 is 1.42 bits per heavy atom. The molecule has 0 aliphatic heterocycles. The van der Waals surface area contributed by atoms with Gasteiger partial charge in [-0.05, 0) is 36.2 Å². The molecule has 0 aromatic carbocycles. The fourth-order valence-corrected chi connectivity index (χ4v) is 3.42. The molecule has 2 bridgehead atoms. The Labute approximate surface area is 143 Å². The van der Waals surface area contributed by atoms with Gasteiger partial charge in [0.05, 0.1) is 12.1 Å². The lowest BCUT2D eigenvalue weighted by atomic mass is 9.65. The molecule has 0 aromatic heterocycles. The van der Waals surface area contributed by atoms with Gasteiger partial charge in [0.15, 0.2) is 12.0 Å². The summed E-state index contributed by atoms with van der Waals surface area (Å²) in [5, 5.41) is 19.5. The quantitative estimate of drug-likeness (QED) is 0.442. The number of nitrogens with zero attached hydrogens (tertiary/aromatic N) is 2. The van der Waals surface area contributed by atoms with E-state index in [9.17, 15) is 15.3 Å². The van der Waals surface area contributed by atoms with Crippen molar-refractivity contribution in [1.29, 1.82) is 10.5 Å². The van der Waals surface area contributed by atoms with E-state index in [4.69, 9.17) is 4.74 Å². The molecule has 0 N–H and O–H groups in total. The van der Waals surface area contributed by atoms with E-state index in [1.165, 1.54) is 6.92 Å². The van der Waals surface area contributed by atoms with Crippen molar-refractivity contribution in [1.82, 2.24) is 0 Å². The number of nitriles is 2. The summed E-state index contributed by atoms with van der Waals surface area (Å²) in [7, 11) is 0. The summed E-state index contributed by atoms with van der Waals surface area (Å²) in [6, 6.07) is 4.38. The fourth-order valence-electron chi connectivity index (χ4n) is 3.42. The van der Waals surface area contributed by atoms with E-state index in [0.29, 0.717) is 11.8 Å². The molecule has 0 heterocycles. The molecule has 0 radical (unpaired) electrons. The van der Waals surface area contributed by atoms with Crippen LogP contribution in [-0.2, 0) is 9.53 Å². The highest BCUT2D eigenvalue weighted by Gasteiger charge is 2.44. The van der Waals surface area contributed by atoms with Gasteiger partial charge in [0.2, 0.25) is 0 Å². The van der Waals surface area contributed by atoms with Crippen LogP contribution in [-0.4, -0.2) is 12.6 Å². The van der Waals surface area contributed by atoms with E-state index in [1.807, 2.05) is 6.08 Å². The molecule has 24 heavy (non-hydrogen) atoms. The standard InChI is InChI=1S/C20H20N2O2/c1-3-6-18-17-8-7-16(11-17)12-19(18)20(13-21,14-22)9-4-5-10-24-15(2)23/h3,7-8,12,16-18H,1,6,9-11H2,2H3/t16?,17-,18+/m1/s1. The first-order valence-electron chi connectivity index (χ1n) is 7.99. The molecule has 2 rings (SSSR count). The highest BCUT2D eigenvalue weighted by molar-refractivity contribution is 5.66. The third-order valence-corrected chi connectivity index (χ3v) is 4.58. The summed E-state index contributed by atoms with van der Waals surface area (Å²) in [5.74, 6) is 5.90. The maximum atomic E-state index is 10.7. The first-order valence-corrected chi connectivity index (χ1v) is 7.99. The summed E-state index contributed by atoms with van der Waals surface area (Å²) < 4.78 is 4.76. The van der Waals surface area contributed by atoms with Gasteiger partial charge in [0, 0.05) is 13.3 Å². The summed E-state index contributed by atoms with van der Waals surface area (Å²) in [5.41, 5.74) is -0.403. The monoisotopic (exact) mass is 320 g/mol. The molecule has 122 valence electrons. The average Bonchev–Trinajstić information content (AvgIpc) is 2.96. The minimum absolute atomic E-state index is 0.0236. The van der Waals surface area contributed by atoms with Crippen molar-refractivity contribution in [3.63, 3.8) is 0 Å². The van der Waals surface area contributed by atoms with Crippen molar-refractivity contribution in [2.45, 2.75) is 26.2 Å². The van der Waals surface area contributed by atoms with Gasteiger partial charge in [-0.1, -0.05) is 36.1 Å². The summed E-state index contributed by atoms with van der Waals surface area (Å²) in [6.07, 6.45) is 10.1. The Balaban J connectivity index is 2.25. The molecule has 0 aromatic rings. The van der Waals surface area contributed by atoms with Crippen LogP contribution in [0.1, 0.15) is 26.2 Å². The van der Waals surface area contributed by atoms with Gasteiger partial charge in [-0.2, -0.15) is 10.5 Å². The minimum atomic E-state index is -1.26. The number of ether oxygens (including phenoxy) is 1. The van der Waals surface area contributed by atoms with Crippen molar-refractivity contribution >= 4 is 5.97 Å². The van der Waals surface area contributed by atoms with E-state index >= 15 is 0 Å². The molecule has 2 aliphatic carbocycles. The summed E-state index contributed by atoms with van der Waals surface area (Å²) in [6.45, 7) is 5.10. The SMILES string of the molecule is C=CC[C@@H]1C(C(C#N)(C#N)CC#CCOC(C)=O)=CC2C=C[C@@H]1C2. The number of allylic oxidation sites excluding steroid dienone is 5. The molecule has 0 spiro atoms. The van der Waals surface area contributed by atoms with Crippen LogP contribution < -0.4 is 0 Å². The number of carbonyl (C=O) groups excluding carboxylic acids is 1. The fraction of sp³-hybridized carbons (Fsp3) is 0.450. The lowest BCUT2D eigenvalue weighted by Crippen LogP contribution is -2.30. The van der Waals surface area contributed by atoms with E-state index in [2.05, 4.69) is 48.8 Å². The lowest BCUT2D eigenvalue weighted by molar-refractivity contribution is -0.139. The van der Waals surface area contributed by atoms with Gasteiger partial charge in [-0.3, -0.25) is 4.79 Å². The van der Waals surface area contributed by atoms with Crippen LogP contribution in [0.2, 0.25) is 0 Å². The molecular formula is C20H20N2O2. The Bertz CT molecular complexity index is 707. The number of hydrogen-bond donors (Lipinski definition) is 0. The van der Waals surface area contributed by atoms with Crippen molar-refractivity contribution in [3.8, 4) is 24.0 Å². The molecular weight excluding hydrogens is 300 g/mol. The van der Waals surface area contributed by atoms with Crippen LogP contribution in [0.15, 0.2) is 36.5 Å². The van der Waals surface area contributed by atoms with Gasteiger partial charge in [0.1, 0.15) is 0 Å². The molecule has 1 unspecified atom stereocenters. The Morgan fingerprint density at radius 2 is 2.17 bits per heavy atom. The zero-order valence-corrected chi connectivity index (χ0v) is 13.8. The summed E-state index contributed by atoms with van der Waals surface area (Å²) >= 11 is 0. The van der Waals surface area contributed by atoms with Crippen LogP contribution >= 0.6 is 0 Å². The zero-order chi connectivity index (χ0) is 17.6. The topological polar surface area (TPSA) is 73.9 Å². The molecule has 0 fully saturated rings. The van der Waals surface area contributed by atoms with Crippen molar-refractivity contribution in [2.24, 2.45) is 23.2 Å². The third-order valence-electron chi connectivity index (χ3n) is 4.58. The second-order valence-electron chi connectivity index (χ2n) is 6.14. The molecule has 0 saturated carbocycles. The van der Waals surface area contributed by atoms with Crippen LogP contribution in [0.25, 0.3) is 0 Å². The predicted octanol–water partition coefficient (Wildman–Crippen LogP) is 3.30. The van der Waals surface area contributed by atoms with E-state index < -0.39 is 11.4 Å². The van der Waals surface area contributed by atoms with E-state index in [0.717, 1.165) is 18.4 Å². The largest absolute Gasteiger partial charge is 0.453 e. The molecule has 0 saturated heterocycles. The molecule has 2 aliphatic rings. The second kappa shape index (κ2) is 7.67. The van der Waals surface area contributed by atoms with Crippen LogP contribution in [0.5, 0.6) is 0 Å². The molecule has 4 nitrogen and oxygen atoms in total. The number of rotatable bonds is 5. The predicted molar refractivity (Wildman–Crippen MR) is 89.8 cm³/mol. The highest BCUT2D eigenvalue weighted by atomic mass is 16.5. The highest BCUT2D eigenvalue weighted by Crippen LogP contribution is 2.48. The van der Waals surface area contributed by atoms with Crippen molar-refractivity contribution in [3.05, 3.63) is 36.5 Å². The Morgan fingerprint density at radius 3 is 2.79 bits per heavy atom. The smallest absolute Gasteiger partial charge is 0.303 e. The van der Waals surface area contributed by atoms with Crippen molar-refractivity contribution in [2.75, 3.05) is 6.61 Å². The zero-order valence-electron chi connectivity index (χ0n) is 13.8. The average molecular weight is 320 g/mol.